The van der Waals surface area contributed by atoms with Gasteiger partial charge in [-0.3, -0.25) is 4.79 Å². The standard InChI is InChI=1S/C26H33N5O3S2/c1-5-31-23(17-12-14-18(15-13-17)30(3)4)28-29-26(31)35-16-21(32)27-24-22(25(33)34-6-2)19-10-8-7-9-11-20(19)36-24/h12-15H,5-11,16H2,1-4H3,(H,27,32). The Morgan fingerprint density at radius 1 is 1.11 bits per heavy atom. The van der Waals surface area contributed by atoms with Crippen molar-refractivity contribution in [1.82, 2.24) is 14.8 Å². The Morgan fingerprint density at radius 3 is 2.56 bits per heavy atom. The molecule has 0 bridgehead atoms. The third kappa shape index (κ3) is 5.75. The number of hydrogen-bond donors (Lipinski definition) is 1. The number of nitrogens with one attached hydrogen (secondary N) is 1. The van der Waals surface area contributed by atoms with Crippen molar-refractivity contribution in [2.24, 2.45) is 0 Å². The lowest BCUT2D eigenvalue weighted by molar-refractivity contribution is -0.113. The van der Waals surface area contributed by atoms with Crippen LogP contribution in [0.25, 0.3) is 11.4 Å². The van der Waals surface area contributed by atoms with E-state index in [0.717, 1.165) is 54.7 Å². The summed E-state index contributed by atoms with van der Waals surface area (Å²) < 4.78 is 7.34. The van der Waals surface area contributed by atoms with Gasteiger partial charge in [-0.2, -0.15) is 0 Å². The van der Waals surface area contributed by atoms with Gasteiger partial charge in [0.1, 0.15) is 5.00 Å². The van der Waals surface area contributed by atoms with Crippen LogP contribution in [0, 0.1) is 0 Å². The van der Waals surface area contributed by atoms with Crippen LogP contribution in [-0.2, 0) is 28.9 Å². The van der Waals surface area contributed by atoms with Gasteiger partial charge in [0.25, 0.3) is 0 Å². The molecule has 0 spiro atoms. The Kier molecular flexibility index (Phi) is 8.68. The molecular weight excluding hydrogens is 494 g/mol. The number of hydrogen-bond acceptors (Lipinski definition) is 8. The van der Waals surface area contributed by atoms with Crippen molar-refractivity contribution < 1.29 is 14.3 Å². The molecule has 2 heterocycles. The number of carbonyl (C=O) groups is 2. The van der Waals surface area contributed by atoms with Crippen LogP contribution < -0.4 is 10.2 Å². The van der Waals surface area contributed by atoms with Crippen molar-refractivity contribution >= 4 is 45.7 Å². The maximum atomic E-state index is 12.9. The lowest BCUT2D eigenvalue weighted by Crippen LogP contribution is -2.17. The third-order valence-corrected chi connectivity index (χ3v) is 8.34. The predicted octanol–water partition coefficient (Wildman–Crippen LogP) is 5.27. The highest BCUT2D eigenvalue weighted by Gasteiger charge is 2.27. The number of anilines is 2. The lowest BCUT2D eigenvalue weighted by Gasteiger charge is -2.13. The summed E-state index contributed by atoms with van der Waals surface area (Å²) in [5, 5.41) is 13.0. The molecule has 0 saturated carbocycles. The largest absolute Gasteiger partial charge is 0.462 e. The molecule has 0 unspecified atom stereocenters. The summed E-state index contributed by atoms with van der Waals surface area (Å²) in [4.78, 5) is 28.9. The minimum atomic E-state index is -0.351. The molecule has 2 aromatic heterocycles. The topological polar surface area (TPSA) is 89.3 Å². The van der Waals surface area contributed by atoms with E-state index in [0.29, 0.717) is 28.9 Å². The fourth-order valence-corrected chi connectivity index (χ4v) is 6.44. The van der Waals surface area contributed by atoms with Gasteiger partial charge in [-0.05, 0) is 69.4 Å². The van der Waals surface area contributed by atoms with E-state index < -0.39 is 0 Å². The van der Waals surface area contributed by atoms with Gasteiger partial charge in [0.05, 0.1) is 17.9 Å². The predicted molar refractivity (Wildman–Crippen MR) is 146 cm³/mol. The first kappa shape index (κ1) is 26.2. The number of amides is 1. The van der Waals surface area contributed by atoms with Crippen LogP contribution in [-0.4, -0.2) is 53.1 Å². The van der Waals surface area contributed by atoms with Gasteiger partial charge in [0.15, 0.2) is 11.0 Å². The highest BCUT2D eigenvalue weighted by Crippen LogP contribution is 2.38. The zero-order chi connectivity index (χ0) is 25.7. The summed E-state index contributed by atoms with van der Waals surface area (Å²) in [5.74, 6) is 0.417. The second kappa shape index (κ2) is 11.9. The molecule has 1 aliphatic carbocycles. The Bertz CT molecular complexity index is 1220. The summed E-state index contributed by atoms with van der Waals surface area (Å²) in [6.07, 6.45) is 5.09. The summed E-state index contributed by atoms with van der Waals surface area (Å²) in [7, 11) is 4.01. The van der Waals surface area contributed by atoms with Crippen LogP contribution in [0.3, 0.4) is 0 Å². The Labute approximate surface area is 220 Å². The number of nitrogens with zero attached hydrogens (tertiary/aromatic N) is 4. The van der Waals surface area contributed by atoms with Crippen molar-refractivity contribution in [2.75, 3.05) is 36.7 Å². The lowest BCUT2D eigenvalue weighted by atomic mass is 10.1. The average Bonchev–Trinajstić information content (AvgIpc) is 3.35. The maximum Gasteiger partial charge on any atom is 0.341 e. The monoisotopic (exact) mass is 527 g/mol. The van der Waals surface area contributed by atoms with E-state index in [2.05, 4.69) is 15.5 Å². The average molecular weight is 528 g/mol. The van der Waals surface area contributed by atoms with E-state index in [1.165, 1.54) is 28.0 Å². The molecule has 1 N–H and O–H groups in total. The minimum absolute atomic E-state index is 0.169. The first-order valence-corrected chi connectivity index (χ1v) is 14.2. The van der Waals surface area contributed by atoms with Gasteiger partial charge < -0.3 is 19.5 Å². The van der Waals surface area contributed by atoms with Crippen molar-refractivity contribution in [3.05, 3.63) is 40.3 Å². The molecule has 0 atom stereocenters. The summed E-state index contributed by atoms with van der Waals surface area (Å²) in [6.45, 7) is 4.83. The van der Waals surface area contributed by atoms with Crippen LogP contribution in [0.4, 0.5) is 10.7 Å². The number of thioether (sulfide) groups is 1. The molecule has 1 aromatic carbocycles. The van der Waals surface area contributed by atoms with Gasteiger partial charge in [-0.1, -0.05) is 18.2 Å². The van der Waals surface area contributed by atoms with E-state index in [1.807, 2.05) is 54.8 Å². The Balaban J connectivity index is 1.48. The molecule has 0 fully saturated rings. The molecule has 192 valence electrons. The van der Waals surface area contributed by atoms with Crippen LogP contribution >= 0.6 is 23.1 Å². The van der Waals surface area contributed by atoms with E-state index in [4.69, 9.17) is 4.74 Å². The van der Waals surface area contributed by atoms with Gasteiger partial charge >= 0.3 is 5.97 Å². The van der Waals surface area contributed by atoms with E-state index in [1.54, 1.807) is 6.92 Å². The smallest absolute Gasteiger partial charge is 0.341 e. The Morgan fingerprint density at radius 2 is 1.86 bits per heavy atom. The zero-order valence-corrected chi connectivity index (χ0v) is 22.9. The van der Waals surface area contributed by atoms with Crippen molar-refractivity contribution in [3.63, 3.8) is 0 Å². The fourth-order valence-electron chi connectivity index (χ4n) is 4.35. The number of thiophene rings is 1. The minimum Gasteiger partial charge on any atom is -0.462 e. The number of aromatic nitrogens is 3. The maximum absolute atomic E-state index is 12.9. The van der Waals surface area contributed by atoms with E-state index >= 15 is 0 Å². The van der Waals surface area contributed by atoms with Gasteiger partial charge in [0.2, 0.25) is 5.91 Å². The molecule has 3 aromatic rings. The number of esters is 1. The molecule has 0 saturated heterocycles. The van der Waals surface area contributed by atoms with Gasteiger partial charge in [0, 0.05) is 36.8 Å². The first-order valence-electron chi connectivity index (χ1n) is 12.4. The number of aryl methyl sites for hydroxylation is 1. The molecule has 4 rings (SSSR count). The fraction of sp³-hybridized carbons (Fsp3) is 0.462. The van der Waals surface area contributed by atoms with Crippen molar-refractivity contribution in [3.8, 4) is 11.4 Å². The number of benzene rings is 1. The van der Waals surface area contributed by atoms with Crippen LogP contribution in [0.15, 0.2) is 29.4 Å². The van der Waals surface area contributed by atoms with Gasteiger partial charge in [-0.15, -0.1) is 21.5 Å². The molecule has 36 heavy (non-hydrogen) atoms. The van der Waals surface area contributed by atoms with Crippen LogP contribution in [0.1, 0.15) is 53.9 Å². The molecule has 8 nitrogen and oxygen atoms in total. The second-order valence-corrected chi connectivity index (χ2v) is 10.9. The summed E-state index contributed by atoms with van der Waals surface area (Å²) in [5.41, 5.74) is 3.68. The van der Waals surface area contributed by atoms with Crippen LogP contribution in [0.5, 0.6) is 0 Å². The van der Waals surface area contributed by atoms with Crippen molar-refractivity contribution in [1.29, 1.82) is 0 Å². The van der Waals surface area contributed by atoms with Crippen molar-refractivity contribution in [2.45, 2.75) is 57.7 Å². The quantitative estimate of drug-likeness (QED) is 0.230. The van der Waals surface area contributed by atoms with Gasteiger partial charge in [-0.25, -0.2) is 4.79 Å². The number of rotatable bonds is 9. The third-order valence-electron chi connectivity index (χ3n) is 6.16. The number of ether oxygens (including phenoxy) is 1. The number of carbonyl (C=O) groups excluding carboxylic acids is 2. The molecule has 1 aliphatic rings. The highest BCUT2D eigenvalue weighted by molar-refractivity contribution is 7.99. The SMILES string of the molecule is CCOC(=O)c1c(NC(=O)CSc2nnc(-c3ccc(N(C)C)cc3)n2CC)sc2c1CCCCC2. The highest BCUT2D eigenvalue weighted by atomic mass is 32.2. The molecule has 10 heteroatoms. The zero-order valence-electron chi connectivity index (χ0n) is 21.3. The second-order valence-electron chi connectivity index (χ2n) is 8.82. The van der Waals surface area contributed by atoms with E-state index in [9.17, 15) is 9.59 Å². The number of fused-ring (bicyclic) bond motifs is 1. The molecule has 0 aliphatic heterocycles. The van der Waals surface area contributed by atoms with E-state index in [-0.39, 0.29) is 17.6 Å². The van der Waals surface area contributed by atoms with Crippen LogP contribution in [0.2, 0.25) is 0 Å². The molecule has 0 radical (unpaired) electrons. The first-order chi connectivity index (χ1) is 17.4. The molecular formula is C26H33N5O3S2. The summed E-state index contributed by atoms with van der Waals surface area (Å²) in [6, 6.07) is 8.16. The summed E-state index contributed by atoms with van der Waals surface area (Å²) >= 11 is 2.86. The Hall–Kier alpha value is -2.85. The molecule has 1 amide bonds. The normalized spacial score (nSPS) is 13.1.